The Balaban J connectivity index is 3.36. The van der Waals surface area contributed by atoms with Gasteiger partial charge < -0.3 is 39.3 Å². The van der Waals surface area contributed by atoms with E-state index < -0.39 is 48.4 Å². The molecule has 0 aliphatic heterocycles. The van der Waals surface area contributed by atoms with Crippen molar-refractivity contribution in [2.24, 2.45) is 11.7 Å². The lowest BCUT2D eigenvalue weighted by atomic mass is 9.79. The Bertz CT molecular complexity index is 905. The van der Waals surface area contributed by atoms with E-state index >= 15 is 0 Å². The first-order chi connectivity index (χ1) is 17.5. The zero-order chi connectivity index (χ0) is 28.0. The summed E-state index contributed by atoms with van der Waals surface area (Å²) in [5, 5.41) is 9.66. The predicted molar refractivity (Wildman–Crippen MR) is 131 cm³/mol. The van der Waals surface area contributed by atoms with E-state index in [1.165, 1.54) is 18.2 Å². The number of carboxylic acids is 1. The van der Waals surface area contributed by atoms with E-state index in [1.54, 1.807) is 20.8 Å². The van der Waals surface area contributed by atoms with Crippen molar-refractivity contribution >= 4 is 24.4 Å². The molecule has 0 aliphatic carbocycles. The summed E-state index contributed by atoms with van der Waals surface area (Å²) in [6.07, 6.45) is -2.02. The number of carboxylic acid groups (broad SMARTS) is 1. The number of nitrogens with two attached hydrogens (primary N) is 1. The zero-order valence-electron chi connectivity index (χ0n) is 21.9. The number of hydrogen-bond donors (Lipinski definition) is 2. The second kappa shape index (κ2) is 16.3. The fourth-order valence-corrected chi connectivity index (χ4v) is 3.27. The SMILES string of the molecule is CCCOC(=O)Oc1ccc(C(C(C)C(C)OC(=O)OCCC)[C@H](N)C(=O)O)cc1OC(=O)OCCC. The average Bonchev–Trinajstić information content (AvgIpc) is 2.86. The lowest BCUT2D eigenvalue weighted by Crippen LogP contribution is -2.42. The molecule has 0 spiro atoms. The first kappa shape index (κ1) is 31.5. The topological polar surface area (TPSA) is 170 Å². The molecule has 3 unspecified atom stereocenters. The maximum absolute atomic E-state index is 12.1. The first-order valence-corrected chi connectivity index (χ1v) is 12.2. The van der Waals surface area contributed by atoms with Crippen molar-refractivity contribution in [3.05, 3.63) is 23.8 Å². The highest BCUT2D eigenvalue weighted by Gasteiger charge is 2.36. The van der Waals surface area contributed by atoms with E-state index in [0.29, 0.717) is 24.8 Å². The molecule has 0 saturated carbocycles. The Morgan fingerprint density at radius 3 is 1.78 bits per heavy atom. The minimum absolute atomic E-state index is 0.0970. The fourth-order valence-electron chi connectivity index (χ4n) is 3.27. The van der Waals surface area contributed by atoms with Crippen molar-refractivity contribution in [3.63, 3.8) is 0 Å². The third-order valence-corrected chi connectivity index (χ3v) is 5.27. The summed E-state index contributed by atoms with van der Waals surface area (Å²) < 4.78 is 30.5. The monoisotopic (exact) mass is 527 g/mol. The van der Waals surface area contributed by atoms with Gasteiger partial charge in [-0.25, -0.2) is 14.4 Å². The lowest BCUT2D eigenvalue weighted by Gasteiger charge is -2.31. The van der Waals surface area contributed by atoms with E-state index in [2.05, 4.69) is 0 Å². The van der Waals surface area contributed by atoms with Crippen molar-refractivity contribution < 1.29 is 52.7 Å². The number of ether oxygens (including phenoxy) is 6. The van der Waals surface area contributed by atoms with Gasteiger partial charge in [-0.15, -0.1) is 0 Å². The Hall–Kier alpha value is -3.54. The van der Waals surface area contributed by atoms with Crippen LogP contribution in [0.25, 0.3) is 0 Å². The first-order valence-electron chi connectivity index (χ1n) is 12.2. The maximum Gasteiger partial charge on any atom is 0.513 e. The molecule has 4 atom stereocenters. The smallest absolute Gasteiger partial charge is 0.480 e. The summed E-state index contributed by atoms with van der Waals surface area (Å²) in [5.74, 6) is -3.20. The van der Waals surface area contributed by atoms with Crippen LogP contribution in [-0.2, 0) is 23.7 Å². The summed E-state index contributed by atoms with van der Waals surface area (Å²) in [5.41, 5.74) is 6.35. The summed E-state index contributed by atoms with van der Waals surface area (Å²) >= 11 is 0. The molecule has 0 saturated heterocycles. The molecule has 0 bridgehead atoms. The predicted octanol–water partition coefficient (Wildman–Crippen LogP) is 4.62. The molecular weight excluding hydrogens is 490 g/mol. The quantitative estimate of drug-likeness (QED) is 0.196. The minimum atomic E-state index is -1.42. The van der Waals surface area contributed by atoms with Crippen LogP contribution < -0.4 is 15.2 Å². The van der Waals surface area contributed by atoms with E-state index in [4.69, 9.17) is 34.2 Å². The number of benzene rings is 1. The Morgan fingerprint density at radius 1 is 0.811 bits per heavy atom. The van der Waals surface area contributed by atoms with Crippen molar-refractivity contribution in [1.82, 2.24) is 0 Å². The molecule has 1 aromatic carbocycles. The van der Waals surface area contributed by atoms with Crippen LogP contribution in [-0.4, -0.2) is 61.5 Å². The van der Waals surface area contributed by atoms with Crippen LogP contribution >= 0.6 is 0 Å². The standard InChI is InChI=1S/C25H37NO11/c1-6-11-32-23(29)35-16(5)15(4)20(21(26)22(27)28)17-9-10-18(36-24(30)33-12-7-2)19(14-17)37-25(31)34-13-8-3/h9-10,14-16,20-21H,6-8,11-13,26H2,1-5H3,(H,27,28)/t15?,16?,20?,21-/m0/s1. The molecule has 0 amide bonds. The van der Waals surface area contributed by atoms with Gasteiger partial charge in [0.05, 0.1) is 19.8 Å². The summed E-state index contributed by atoms with van der Waals surface area (Å²) in [6, 6.07) is 2.69. The van der Waals surface area contributed by atoms with Gasteiger partial charge in [0.15, 0.2) is 11.5 Å². The van der Waals surface area contributed by atoms with Crippen LogP contribution in [0.5, 0.6) is 11.5 Å². The summed E-state index contributed by atoms with van der Waals surface area (Å²) in [7, 11) is 0. The normalized spacial score (nSPS) is 13.9. The largest absolute Gasteiger partial charge is 0.513 e. The molecular formula is C25H37NO11. The number of aliphatic carboxylic acids is 1. The van der Waals surface area contributed by atoms with Gasteiger partial charge in [-0.3, -0.25) is 4.79 Å². The van der Waals surface area contributed by atoms with Crippen LogP contribution in [0.4, 0.5) is 14.4 Å². The minimum Gasteiger partial charge on any atom is -0.480 e. The van der Waals surface area contributed by atoms with E-state index in [9.17, 15) is 24.3 Å². The van der Waals surface area contributed by atoms with Gasteiger partial charge in [0.1, 0.15) is 12.1 Å². The molecule has 0 fully saturated rings. The zero-order valence-corrected chi connectivity index (χ0v) is 21.9. The van der Waals surface area contributed by atoms with E-state index in [0.717, 1.165) is 0 Å². The van der Waals surface area contributed by atoms with E-state index in [1.807, 2.05) is 13.8 Å². The highest BCUT2D eigenvalue weighted by molar-refractivity contribution is 5.75. The molecule has 37 heavy (non-hydrogen) atoms. The summed E-state index contributed by atoms with van der Waals surface area (Å²) in [4.78, 5) is 47.9. The molecule has 0 heterocycles. The van der Waals surface area contributed by atoms with Gasteiger partial charge in [-0.1, -0.05) is 33.8 Å². The van der Waals surface area contributed by atoms with Gasteiger partial charge in [0.25, 0.3) is 0 Å². The van der Waals surface area contributed by atoms with Gasteiger partial charge in [-0.05, 0) is 43.9 Å². The number of rotatable bonds is 14. The van der Waals surface area contributed by atoms with Crippen LogP contribution in [0.1, 0.15) is 65.4 Å². The second-order valence-corrected chi connectivity index (χ2v) is 8.28. The van der Waals surface area contributed by atoms with Gasteiger partial charge in [0.2, 0.25) is 0 Å². The van der Waals surface area contributed by atoms with Crippen LogP contribution in [0.15, 0.2) is 18.2 Å². The second-order valence-electron chi connectivity index (χ2n) is 8.28. The third kappa shape index (κ3) is 10.5. The van der Waals surface area contributed by atoms with Crippen LogP contribution in [0, 0.1) is 5.92 Å². The Morgan fingerprint density at radius 2 is 1.30 bits per heavy atom. The molecule has 12 nitrogen and oxygen atoms in total. The molecule has 3 N–H and O–H groups in total. The van der Waals surface area contributed by atoms with Gasteiger partial charge >= 0.3 is 24.4 Å². The molecule has 0 radical (unpaired) electrons. The molecule has 12 heteroatoms. The van der Waals surface area contributed by atoms with Crippen molar-refractivity contribution in [3.8, 4) is 11.5 Å². The molecule has 1 rings (SSSR count). The Labute approximate surface area is 216 Å². The van der Waals surface area contributed by atoms with Crippen molar-refractivity contribution in [1.29, 1.82) is 0 Å². The van der Waals surface area contributed by atoms with Crippen molar-refractivity contribution in [2.45, 2.75) is 71.9 Å². The lowest BCUT2D eigenvalue weighted by molar-refractivity contribution is -0.139. The number of carbonyl (C=O) groups is 4. The highest BCUT2D eigenvalue weighted by Crippen LogP contribution is 2.37. The molecule has 1 aromatic rings. The molecule has 208 valence electrons. The highest BCUT2D eigenvalue weighted by atomic mass is 16.7. The van der Waals surface area contributed by atoms with Crippen LogP contribution in [0.3, 0.4) is 0 Å². The van der Waals surface area contributed by atoms with Crippen LogP contribution in [0.2, 0.25) is 0 Å². The third-order valence-electron chi connectivity index (χ3n) is 5.27. The molecule has 0 aliphatic rings. The Kier molecular flexibility index (Phi) is 13.8. The van der Waals surface area contributed by atoms with Gasteiger partial charge in [-0.2, -0.15) is 0 Å². The number of carbonyl (C=O) groups excluding carboxylic acids is 3. The summed E-state index contributed by atoms with van der Waals surface area (Å²) in [6.45, 7) is 9.07. The van der Waals surface area contributed by atoms with Crippen molar-refractivity contribution in [2.75, 3.05) is 19.8 Å². The average molecular weight is 528 g/mol. The maximum atomic E-state index is 12.1. The molecule has 0 aromatic heterocycles. The number of hydrogen-bond acceptors (Lipinski definition) is 11. The fraction of sp³-hybridized carbons (Fsp3) is 0.600. The van der Waals surface area contributed by atoms with E-state index in [-0.39, 0.29) is 31.3 Å². The van der Waals surface area contributed by atoms with Gasteiger partial charge in [0, 0.05) is 11.8 Å².